The lowest BCUT2D eigenvalue weighted by Gasteiger charge is -2.02. The molecule has 13 heavy (non-hydrogen) atoms. The van der Waals surface area contributed by atoms with E-state index < -0.39 is 0 Å². The van der Waals surface area contributed by atoms with Crippen molar-refractivity contribution in [3.05, 3.63) is 42.8 Å². The fourth-order valence-electron chi connectivity index (χ4n) is 0.928. The minimum atomic E-state index is -0.244. The SMILES string of the molecule is [CH]CCC(=O)OCc1ccccc1. The van der Waals surface area contributed by atoms with Gasteiger partial charge in [0.2, 0.25) is 0 Å². The van der Waals surface area contributed by atoms with Gasteiger partial charge in [0, 0.05) is 6.42 Å². The summed E-state index contributed by atoms with van der Waals surface area (Å²) in [5, 5.41) is 0. The molecule has 0 saturated heterocycles. The highest BCUT2D eigenvalue weighted by Crippen LogP contribution is 2.01. The first kappa shape index (κ1) is 9.78. The quantitative estimate of drug-likeness (QED) is 0.657. The molecule has 0 aromatic heterocycles. The molecule has 2 radical (unpaired) electrons. The van der Waals surface area contributed by atoms with Crippen LogP contribution < -0.4 is 0 Å². The fourth-order valence-corrected chi connectivity index (χ4v) is 0.928. The second-order valence-corrected chi connectivity index (χ2v) is 2.68. The first-order chi connectivity index (χ1) is 6.33. The zero-order chi connectivity index (χ0) is 9.52. The molecule has 0 unspecified atom stereocenters. The van der Waals surface area contributed by atoms with Crippen molar-refractivity contribution in [2.24, 2.45) is 0 Å². The molecule has 2 nitrogen and oxygen atoms in total. The van der Waals surface area contributed by atoms with Crippen molar-refractivity contribution in [2.75, 3.05) is 0 Å². The fraction of sp³-hybridized carbons (Fsp3) is 0.273. The Bertz CT molecular complexity index is 254. The lowest BCUT2D eigenvalue weighted by Crippen LogP contribution is -2.03. The van der Waals surface area contributed by atoms with E-state index in [4.69, 9.17) is 11.7 Å². The molecule has 0 aliphatic rings. The van der Waals surface area contributed by atoms with E-state index >= 15 is 0 Å². The van der Waals surface area contributed by atoms with Gasteiger partial charge in [-0.05, 0) is 18.9 Å². The number of rotatable bonds is 4. The number of carbonyl (C=O) groups is 1. The van der Waals surface area contributed by atoms with Crippen LogP contribution in [0.2, 0.25) is 0 Å². The molecule has 0 heterocycles. The Morgan fingerprint density at radius 1 is 1.31 bits per heavy atom. The van der Waals surface area contributed by atoms with E-state index in [1.807, 2.05) is 30.3 Å². The van der Waals surface area contributed by atoms with Crippen molar-refractivity contribution < 1.29 is 9.53 Å². The summed E-state index contributed by atoms with van der Waals surface area (Å²) in [6, 6.07) is 9.56. The smallest absolute Gasteiger partial charge is 0.306 e. The van der Waals surface area contributed by atoms with Crippen LogP contribution in [0.1, 0.15) is 18.4 Å². The van der Waals surface area contributed by atoms with Crippen LogP contribution >= 0.6 is 0 Å². The molecule has 1 aromatic carbocycles. The maximum atomic E-state index is 10.9. The van der Waals surface area contributed by atoms with Crippen LogP contribution in [0, 0.1) is 6.92 Å². The Morgan fingerprint density at radius 3 is 2.62 bits per heavy atom. The van der Waals surface area contributed by atoms with Gasteiger partial charge < -0.3 is 4.74 Å². The number of benzene rings is 1. The summed E-state index contributed by atoms with van der Waals surface area (Å²) in [7, 11) is 0. The van der Waals surface area contributed by atoms with Gasteiger partial charge in [-0.3, -0.25) is 4.79 Å². The lowest BCUT2D eigenvalue weighted by molar-refractivity contribution is -0.144. The van der Waals surface area contributed by atoms with E-state index in [1.165, 1.54) is 0 Å². The summed E-state index contributed by atoms with van der Waals surface area (Å²) in [6.45, 7) is 5.53. The molecule has 1 aromatic rings. The first-order valence-corrected chi connectivity index (χ1v) is 4.22. The summed E-state index contributed by atoms with van der Waals surface area (Å²) in [4.78, 5) is 10.9. The maximum absolute atomic E-state index is 10.9. The van der Waals surface area contributed by atoms with Crippen LogP contribution in [0.15, 0.2) is 30.3 Å². The third-order valence-electron chi connectivity index (χ3n) is 1.59. The second kappa shape index (κ2) is 5.36. The van der Waals surface area contributed by atoms with Crippen LogP contribution in [0.4, 0.5) is 0 Å². The van der Waals surface area contributed by atoms with Crippen molar-refractivity contribution in [1.82, 2.24) is 0 Å². The molecule has 68 valence electrons. The minimum Gasteiger partial charge on any atom is -0.461 e. The van der Waals surface area contributed by atoms with E-state index in [1.54, 1.807) is 0 Å². The molecular weight excluding hydrogens is 164 g/mol. The Hall–Kier alpha value is -1.31. The molecular formula is C11H12O2. The average molecular weight is 176 g/mol. The van der Waals surface area contributed by atoms with Crippen LogP contribution in [-0.4, -0.2) is 5.97 Å². The van der Waals surface area contributed by atoms with Gasteiger partial charge in [0.15, 0.2) is 0 Å². The van der Waals surface area contributed by atoms with Gasteiger partial charge >= 0.3 is 5.97 Å². The zero-order valence-corrected chi connectivity index (χ0v) is 7.40. The van der Waals surface area contributed by atoms with Gasteiger partial charge in [0.1, 0.15) is 6.61 Å². The van der Waals surface area contributed by atoms with Crippen LogP contribution in [-0.2, 0) is 16.1 Å². The van der Waals surface area contributed by atoms with Crippen molar-refractivity contribution in [3.63, 3.8) is 0 Å². The van der Waals surface area contributed by atoms with E-state index in [-0.39, 0.29) is 12.4 Å². The van der Waals surface area contributed by atoms with Crippen molar-refractivity contribution in [2.45, 2.75) is 19.4 Å². The van der Waals surface area contributed by atoms with Gasteiger partial charge in [0.05, 0.1) is 0 Å². The van der Waals surface area contributed by atoms with Crippen molar-refractivity contribution in [3.8, 4) is 0 Å². The molecule has 0 bridgehead atoms. The second-order valence-electron chi connectivity index (χ2n) is 2.68. The Balaban J connectivity index is 2.31. The zero-order valence-electron chi connectivity index (χ0n) is 7.40. The monoisotopic (exact) mass is 176 g/mol. The normalized spacial score (nSPS) is 9.62. The predicted octanol–water partition coefficient (Wildman–Crippen LogP) is 2.22. The standard InChI is InChI=1S/C11H12O2/c1-2-6-11(12)13-9-10-7-4-3-5-8-10/h1,3-5,7-8H,2,6,9H2. The molecule has 0 N–H and O–H groups in total. The molecule has 0 fully saturated rings. The number of carbonyl (C=O) groups excluding carboxylic acids is 1. The Morgan fingerprint density at radius 2 is 2.00 bits per heavy atom. The van der Waals surface area contributed by atoms with Gasteiger partial charge in [-0.25, -0.2) is 0 Å². The molecule has 0 aliphatic carbocycles. The van der Waals surface area contributed by atoms with E-state index in [0.717, 1.165) is 5.56 Å². The number of esters is 1. The van der Waals surface area contributed by atoms with Crippen LogP contribution in [0.25, 0.3) is 0 Å². The molecule has 0 spiro atoms. The summed E-state index contributed by atoms with van der Waals surface area (Å²) in [6.07, 6.45) is 0.625. The van der Waals surface area contributed by atoms with Gasteiger partial charge in [-0.2, -0.15) is 0 Å². The topological polar surface area (TPSA) is 26.3 Å². The van der Waals surface area contributed by atoms with E-state index in [2.05, 4.69) is 0 Å². The van der Waals surface area contributed by atoms with E-state index in [0.29, 0.717) is 13.0 Å². The lowest BCUT2D eigenvalue weighted by atomic mass is 10.2. The maximum Gasteiger partial charge on any atom is 0.306 e. The Labute approximate surface area is 78.5 Å². The highest BCUT2D eigenvalue weighted by molar-refractivity contribution is 5.69. The van der Waals surface area contributed by atoms with E-state index in [9.17, 15) is 4.79 Å². The summed E-state index contributed by atoms with van der Waals surface area (Å²) < 4.78 is 4.95. The van der Waals surface area contributed by atoms with Crippen molar-refractivity contribution >= 4 is 5.97 Å². The number of ether oxygens (including phenoxy) is 1. The minimum absolute atomic E-state index is 0.244. The van der Waals surface area contributed by atoms with Crippen LogP contribution in [0.5, 0.6) is 0 Å². The first-order valence-electron chi connectivity index (χ1n) is 4.22. The summed E-state index contributed by atoms with van der Waals surface area (Å²) >= 11 is 0. The molecule has 2 heteroatoms. The van der Waals surface area contributed by atoms with Crippen LogP contribution in [0.3, 0.4) is 0 Å². The molecule has 1 rings (SSSR count). The molecule has 0 atom stereocenters. The molecule has 0 amide bonds. The third kappa shape index (κ3) is 3.74. The highest BCUT2D eigenvalue weighted by atomic mass is 16.5. The third-order valence-corrected chi connectivity index (χ3v) is 1.59. The predicted molar refractivity (Wildman–Crippen MR) is 49.8 cm³/mol. The Kier molecular flexibility index (Phi) is 4.03. The highest BCUT2D eigenvalue weighted by Gasteiger charge is 2.00. The molecule has 0 aliphatic heterocycles. The van der Waals surface area contributed by atoms with Gasteiger partial charge in [-0.15, -0.1) is 0 Å². The largest absolute Gasteiger partial charge is 0.461 e. The van der Waals surface area contributed by atoms with Crippen molar-refractivity contribution in [1.29, 1.82) is 0 Å². The number of hydrogen-bond acceptors (Lipinski definition) is 2. The van der Waals surface area contributed by atoms with Gasteiger partial charge in [0.25, 0.3) is 0 Å². The number of hydrogen-bond donors (Lipinski definition) is 0. The van der Waals surface area contributed by atoms with Gasteiger partial charge in [-0.1, -0.05) is 30.3 Å². The average Bonchev–Trinajstić information content (AvgIpc) is 2.17. The summed E-state index contributed by atoms with van der Waals surface area (Å²) in [5.74, 6) is -0.244. The molecule has 0 saturated carbocycles. The summed E-state index contributed by atoms with van der Waals surface area (Å²) in [5.41, 5.74) is 0.993.